The van der Waals surface area contributed by atoms with Gasteiger partial charge in [-0.3, -0.25) is 0 Å². The molecule has 0 aliphatic carbocycles. The first-order chi connectivity index (χ1) is 8.54. The Morgan fingerprint density at radius 1 is 1.50 bits per heavy atom. The lowest BCUT2D eigenvalue weighted by atomic mass is 10.1. The molecule has 0 aliphatic rings. The molecule has 0 amide bonds. The fourth-order valence-corrected chi connectivity index (χ4v) is 1.45. The molecule has 0 unspecified atom stereocenters. The van der Waals surface area contributed by atoms with Crippen LogP contribution in [-0.4, -0.2) is 17.7 Å². The number of carboxylic acid groups (broad SMARTS) is 1. The van der Waals surface area contributed by atoms with Crippen molar-refractivity contribution in [1.29, 1.82) is 0 Å². The number of para-hydroxylation sites is 1. The van der Waals surface area contributed by atoms with E-state index in [-0.39, 0.29) is 0 Å². The molecule has 0 saturated carbocycles. The van der Waals surface area contributed by atoms with Gasteiger partial charge in [-0.15, -0.1) is 0 Å². The minimum atomic E-state index is -0.987. The third kappa shape index (κ3) is 4.26. The lowest BCUT2D eigenvalue weighted by molar-refractivity contribution is -0.131. The van der Waals surface area contributed by atoms with E-state index in [2.05, 4.69) is 0 Å². The molecule has 0 radical (unpaired) electrons. The summed E-state index contributed by atoms with van der Waals surface area (Å²) < 4.78 is 5.66. The maximum atomic E-state index is 10.5. The molecule has 1 aromatic rings. The second-order valence-electron chi connectivity index (χ2n) is 3.91. The van der Waals surface area contributed by atoms with Gasteiger partial charge in [0.2, 0.25) is 0 Å². The third-order valence-corrected chi connectivity index (χ3v) is 2.65. The predicted octanol–water partition coefficient (Wildman–Crippen LogP) is 3.61. The quantitative estimate of drug-likeness (QED) is 0.828. The van der Waals surface area contributed by atoms with Crippen LogP contribution >= 0.6 is 11.6 Å². The van der Waals surface area contributed by atoms with Crippen molar-refractivity contribution >= 4 is 23.6 Å². The molecule has 1 N–H and O–H groups in total. The summed E-state index contributed by atoms with van der Waals surface area (Å²) in [7, 11) is 0. The van der Waals surface area contributed by atoms with Crippen LogP contribution in [0.1, 0.15) is 18.1 Å². The highest BCUT2D eigenvalue weighted by molar-refractivity contribution is 6.25. The summed E-state index contributed by atoms with van der Waals surface area (Å²) in [6, 6.07) is 5.57. The summed E-state index contributed by atoms with van der Waals surface area (Å²) in [5.74, 6) is -0.313. The molecule has 0 aromatic heterocycles. The summed E-state index contributed by atoms with van der Waals surface area (Å²) in [4.78, 5) is 10.5. The molecule has 1 aromatic carbocycles. The SMILES string of the molecule is C/C(=C/Cl)COc1c(C)cccc1/C=C/C(=O)O. The summed E-state index contributed by atoms with van der Waals surface area (Å²) in [6.07, 6.45) is 2.61. The van der Waals surface area contributed by atoms with Gasteiger partial charge >= 0.3 is 5.97 Å². The van der Waals surface area contributed by atoms with Crippen LogP contribution < -0.4 is 4.74 Å². The normalized spacial score (nSPS) is 11.8. The first-order valence-corrected chi connectivity index (χ1v) is 5.87. The Morgan fingerprint density at radius 3 is 2.83 bits per heavy atom. The third-order valence-electron chi connectivity index (χ3n) is 2.28. The molecule has 4 heteroatoms. The van der Waals surface area contributed by atoms with Gasteiger partial charge in [0.25, 0.3) is 0 Å². The lowest BCUT2D eigenvalue weighted by Gasteiger charge is -2.12. The summed E-state index contributed by atoms with van der Waals surface area (Å²) in [6.45, 7) is 4.15. The molecule has 96 valence electrons. The van der Waals surface area contributed by atoms with Gasteiger partial charge in [0.1, 0.15) is 12.4 Å². The average molecular weight is 267 g/mol. The van der Waals surface area contributed by atoms with E-state index in [1.54, 1.807) is 0 Å². The van der Waals surface area contributed by atoms with Crippen LogP contribution in [0.2, 0.25) is 0 Å². The van der Waals surface area contributed by atoms with Crippen LogP contribution in [0.4, 0.5) is 0 Å². The van der Waals surface area contributed by atoms with Crippen molar-refractivity contribution in [2.45, 2.75) is 13.8 Å². The smallest absolute Gasteiger partial charge is 0.328 e. The molecule has 0 bridgehead atoms. The molecular formula is C14H15ClO3. The molecular weight excluding hydrogens is 252 g/mol. The largest absolute Gasteiger partial charge is 0.488 e. The van der Waals surface area contributed by atoms with Gasteiger partial charge in [0.05, 0.1) is 0 Å². The van der Waals surface area contributed by atoms with Crippen molar-refractivity contribution < 1.29 is 14.6 Å². The van der Waals surface area contributed by atoms with E-state index < -0.39 is 5.97 Å². The number of ether oxygens (including phenoxy) is 1. The van der Waals surface area contributed by atoms with Crippen molar-refractivity contribution in [3.05, 3.63) is 46.5 Å². The van der Waals surface area contributed by atoms with Gasteiger partial charge in [-0.2, -0.15) is 0 Å². The second kappa shape index (κ2) is 6.87. The van der Waals surface area contributed by atoms with Crippen molar-refractivity contribution in [2.24, 2.45) is 0 Å². The van der Waals surface area contributed by atoms with Crippen molar-refractivity contribution in [1.82, 2.24) is 0 Å². The molecule has 0 saturated heterocycles. The standard InChI is InChI=1S/C14H15ClO3/c1-10(8-15)9-18-14-11(2)4-3-5-12(14)6-7-13(16)17/h3-8H,9H2,1-2H3,(H,16,17)/b7-6+,10-8-. The number of rotatable bonds is 5. The van der Waals surface area contributed by atoms with Crippen LogP contribution in [0.3, 0.4) is 0 Å². The van der Waals surface area contributed by atoms with Crippen LogP contribution in [-0.2, 0) is 4.79 Å². The summed E-state index contributed by atoms with van der Waals surface area (Å²) in [5, 5.41) is 8.64. The zero-order valence-electron chi connectivity index (χ0n) is 10.3. The van der Waals surface area contributed by atoms with Gasteiger partial charge in [-0.1, -0.05) is 29.8 Å². The van der Waals surface area contributed by atoms with E-state index in [0.29, 0.717) is 12.4 Å². The monoisotopic (exact) mass is 266 g/mol. The summed E-state index contributed by atoms with van der Waals surface area (Å²) >= 11 is 5.57. The van der Waals surface area contributed by atoms with Crippen molar-refractivity contribution in [3.63, 3.8) is 0 Å². The van der Waals surface area contributed by atoms with Gasteiger partial charge in [0.15, 0.2) is 0 Å². The summed E-state index contributed by atoms with van der Waals surface area (Å²) in [5.41, 5.74) is 4.04. The number of aliphatic carboxylic acids is 1. The van der Waals surface area contributed by atoms with Gasteiger partial charge < -0.3 is 9.84 Å². The van der Waals surface area contributed by atoms with Crippen molar-refractivity contribution in [3.8, 4) is 5.75 Å². The number of benzene rings is 1. The Hall–Kier alpha value is -1.74. The molecule has 0 aliphatic heterocycles. The Balaban J connectivity index is 2.97. The number of hydrogen-bond donors (Lipinski definition) is 1. The lowest BCUT2D eigenvalue weighted by Crippen LogP contribution is -2.01. The first kappa shape index (κ1) is 14.3. The number of carboxylic acids is 1. The zero-order valence-corrected chi connectivity index (χ0v) is 11.1. The highest BCUT2D eigenvalue weighted by Gasteiger charge is 2.05. The Kier molecular flexibility index (Phi) is 5.46. The molecule has 18 heavy (non-hydrogen) atoms. The predicted molar refractivity (Wildman–Crippen MR) is 73.0 cm³/mol. The molecule has 3 nitrogen and oxygen atoms in total. The molecule has 1 rings (SSSR count). The molecule has 0 heterocycles. The van der Waals surface area contributed by atoms with Crippen LogP contribution in [0.5, 0.6) is 5.75 Å². The number of halogens is 1. The topological polar surface area (TPSA) is 46.5 Å². The maximum Gasteiger partial charge on any atom is 0.328 e. The minimum absolute atomic E-state index is 0.377. The van der Waals surface area contributed by atoms with Crippen LogP contribution in [0.15, 0.2) is 35.4 Å². The maximum absolute atomic E-state index is 10.5. The Bertz CT molecular complexity index is 490. The number of aryl methyl sites for hydroxylation is 1. The van der Waals surface area contributed by atoms with E-state index in [9.17, 15) is 4.79 Å². The van der Waals surface area contributed by atoms with Gasteiger partial charge in [-0.05, 0) is 31.1 Å². The van der Waals surface area contributed by atoms with E-state index in [4.69, 9.17) is 21.4 Å². The van der Waals surface area contributed by atoms with Gasteiger partial charge in [-0.25, -0.2) is 4.79 Å². The highest BCUT2D eigenvalue weighted by atomic mass is 35.5. The van der Waals surface area contributed by atoms with E-state index in [1.165, 1.54) is 11.6 Å². The van der Waals surface area contributed by atoms with E-state index in [1.807, 2.05) is 32.0 Å². The first-order valence-electron chi connectivity index (χ1n) is 5.44. The average Bonchev–Trinajstić information content (AvgIpc) is 2.34. The van der Waals surface area contributed by atoms with E-state index in [0.717, 1.165) is 22.8 Å². The molecule has 0 atom stereocenters. The minimum Gasteiger partial charge on any atom is -0.488 e. The second-order valence-corrected chi connectivity index (χ2v) is 4.13. The fourth-order valence-electron chi connectivity index (χ4n) is 1.38. The van der Waals surface area contributed by atoms with Crippen LogP contribution in [0, 0.1) is 6.92 Å². The highest BCUT2D eigenvalue weighted by Crippen LogP contribution is 2.25. The number of hydrogen-bond acceptors (Lipinski definition) is 2. The van der Waals surface area contributed by atoms with Crippen molar-refractivity contribution in [2.75, 3.05) is 6.61 Å². The van der Waals surface area contributed by atoms with E-state index >= 15 is 0 Å². The Labute approximate surface area is 111 Å². The van der Waals surface area contributed by atoms with Crippen LogP contribution in [0.25, 0.3) is 6.08 Å². The fraction of sp³-hybridized carbons (Fsp3) is 0.214. The molecule has 0 fully saturated rings. The Morgan fingerprint density at radius 2 is 2.22 bits per heavy atom. The number of carbonyl (C=O) groups is 1. The van der Waals surface area contributed by atoms with Gasteiger partial charge in [0, 0.05) is 17.2 Å². The zero-order chi connectivity index (χ0) is 13.5. The molecule has 0 spiro atoms.